The molecule has 1 unspecified atom stereocenters. The fourth-order valence-electron chi connectivity index (χ4n) is 4.34. The van der Waals surface area contributed by atoms with Gasteiger partial charge < -0.3 is 14.6 Å². The Bertz CT molecular complexity index is 649. The molecule has 1 saturated heterocycles. The first-order valence-electron chi connectivity index (χ1n) is 9.28. The first-order valence-corrected chi connectivity index (χ1v) is 10.4. The number of thioether (sulfide) groups is 1. The number of rotatable bonds is 4. The first-order chi connectivity index (χ1) is 12.0. The third-order valence-corrected chi connectivity index (χ3v) is 6.64. The van der Waals surface area contributed by atoms with Crippen molar-refractivity contribution in [2.75, 3.05) is 18.1 Å². The lowest BCUT2D eigenvalue weighted by atomic mass is 9.95. The quantitative estimate of drug-likeness (QED) is 0.886. The highest BCUT2D eigenvalue weighted by Crippen LogP contribution is 2.33. The van der Waals surface area contributed by atoms with Crippen LogP contribution in [-0.4, -0.2) is 50.5 Å². The summed E-state index contributed by atoms with van der Waals surface area (Å²) in [5.74, 6) is 0.752. The van der Waals surface area contributed by atoms with Crippen LogP contribution in [0.2, 0.25) is 0 Å². The Morgan fingerprint density at radius 3 is 2.64 bits per heavy atom. The van der Waals surface area contributed by atoms with E-state index in [-0.39, 0.29) is 18.4 Å². The molecule has 1 aromatic heterocycles. The van der Waals surface area contributed by atoms with Crippen LogP contribution in [0.3, 0.4) is 0 Å². The zero-order valence-electron chi connectivity index (χ0n) is 15.2. The van der Waals surface area contributed by atoms with E-state index < -0.39 is 5.97 Å². The second kappa shape index (κ2) is 7.85. The van der Waals surface area contributed by atoms with Gasteiger partial charge in [0.2, 0.25) is 0 Å². The average molecular weight is 365 g/mol. The molecule has 0 aromatic carbocycles. The molecule has 0 spiro atoms. The highest BCUT2D eigenvalue weighted by atomic mass is 32.2. The maximum atomic E-state index is 13.2. The van der Waals surface area contributed by atoms with Gasteiger partial charge in [-0.15, -0.1) is 0 Å². The molecule has 0 radical (unpaired) electrons. The molecule has 3 rings (SSSR count). The summed E-state index contributed by atoms with van der Waals surface area (Å²) in [5.41, 5.74) is 2.95. The lowest BCUT2D eigenvalue weighted by molar-refractivity contribution is -0.138. The van der Waals surface area contributed by atoms with Crippen LogP contribution in [0.15, 0.2) is 6.07 Å². The lowest BCUT2D eigenvalue weighted by Crippen LogP contribution is -2.47. The molecular weight excluding hydrogens is 336 g/mol. The SMILES string of the molecule is Cc1cc(C(=O)N2CCSCC2CC(=O)O)c(C)n1C1CCCCC1. The highest BCUT2D eigenvalue weighted by Gasteiger charge is 2.32. The van der Waals surface area contributed by atoms with E-state index >= 15 is 0 Å². The van der Waals surface area contributed by atoms with Crippen molar-refractivity contribution in [3.8, 4) is 0 Å². The van der Waals surface area contributed by atoms with Crippen molar-refractivity contribution in [3.05, 3.63) is 23.0 Å². The molecule has 138 valence electrons. The molecule has 0 bridgehead atoms. The number of carbonyl (C=O) groups excluding carboxylic acids is 1. The van der Waals surface area contributed by atoms with Crippen LogP contribution in [0.1, 0.15) is 66.3 Å². The molecule has 2 heterocycles. The predicted octanol–water partition coefficient (Wildman–Crippen LogP) is 3.64. The highest BCUT2D eigenvalue weighted by molar-refractivity contribution is 7.99. The van der Waals surface area contributed by atoms with Crippen LogP contribution < -0.4 is 0 Å². The topological polar surface area (TPSA) is 62.5 Å². The van der Waals surface area contributed by atoms with Gasteiger partial charge in [0.25, 0.3) is 5.91 Å². The van der Waals surface area contributed by atoms with Gasteiger partial charge >= 0.3 is 5.97 Å². The third kappa shape index (κ3) is 3.89. The van der Waals surface area contributed by atoms with Gasteiger partial charge in [0, 0.05) is 35.5 Å². The van der Waals surface area contributed by atoms with E-state index in [1.165, 1.54) is 32.1 Å². The van der Waals surface area contributed by atoms with Crippen molar-refractivity contribution >= 4 is 23.6 Å². The predicted molar refractivity (Wildman–Crippen MR) is 100 cm³/mol. The number of carboxylic acids is 1. The van der Waals surface area contributed by atoms with Gasteiger partial charge in [0.15, 0.2) is 0 Å². The molecule has 5 nitrogen and oxygen atoms in total. The van der Waals surface area contributed by atoms with E-state index in [1.54, 1.807) is 16.7 Å². The van der Waals surface area contributed by atoms with E-state index in [9.17, 15) is 9.59 Å². The standard InChI is InChI=1S/C19H28N2O3S/c1-13-10-17(14(2)21(13)15-6-4-3-5-7-15)19(24)20-8-9-25-12-16(20)11-18(22)23/h10,15-16H,3-9,11-12H2,1-2H3,(H,22,23). The minimum atomic E-state index is -0.835. The summed E-state index contributed by atoms with van der Waals surface area (Å²) in [6, 6.07) is 2.30. The minimum Gasteiger partial charge on any atom is -0.481 e. The molecule has 1 aliphatic heterocycles. The van der Waals surface area contributed by atoms with Gasteiger partial charge in [-0.3, -0.25) is 9.59 Å². The van der Waals surface area contributed by atoms with Crippen LogP contribution in [0.4, 0.5) is 0 Å². The summed E-state index contributed by atoms with van der Waals surface area (Å²) < 4.78 is 2.34. The maximum absolute atomic E-state index is 13.2. The number of aromatic nitrogens is 1. The average Bonchev–Trinajstić information content (AvgIpc) is 2.89. The number of hydrogen-bond acceptors (Lipinski definition) is 3. The van der Waals surface area contributed by atoms with Crippen molar-refractivity contribution in [2.24, 2.45) is 0 Å². The Kier molecular flexibility index (Phi) is 5.77. The number of hydrogen-bond donors (Lipinski definition) is 1. The summed E-state index contributed by atoms with van der Waals surface area (Å²) in [5, 5.41) is 9.16. The summed E-state index contributed by atoms with van der Waals surface area (Å²) >= 11 is 1.73. The molecule has 1 amide bonds. The van der Waals surface area contributed by atoms with Gasteiger partial charge in [-0.1, -0.05) is 19.3 Å². The molecule has 1 aliphatic carbocycles. The molecule has 1 saturated carbocycles. The fraction of sp³-hybridized carbons (Fsp3) is 0.684. The molecule has 2 fully saturated rings. The molecule has 1 aromatic rings. The summed E-state index contributed by atoms with van der Waals surface area (Å²) in [7, 11) is 0. The summed E-state index contributed by atoms with van der Waals surface area (Å²) in [6.07, 6.45) is 6.23. The third-order valence-electron chi connectivity index (χ3n) is 5.55. The monoisotopic (exact) mass is 364 g/mol. The van der Waals surface area contributed by atoms with Crippen LogP contribution >= 0.6 is 11.8 Å². The summed E-state index contributed by atoms with van der Waals surface area (Å²) in [6.45, 7) is 4.76. The van der Waals surface area contributed by atoms with Crippen molar-refractivity contribution in [3.63, 3.8) is 0 Å². The lowest BCUT2D eigenvalue weighted by Gasteiger charge is -2.34. The molecule has 1 N–H and O–H groups in total. The van der Waals surface area contributed by atoms with Crippen molar-refractivity contribution < 1.29 is 14.7 Å². The van der Waals surface area contributed by atoms with Crippen molar-refractivity contribution in [1.82, 2.24) is 9.47 Å². The van der Waals surface area contributed by atoms with Crippen molar-refractivity contribution in [1.29, 1.82) is 0 Å². The van der Waals surface area contributed by atoms with Gasteiger partial charge in [-0.2, -0.15) is 11.8 Å². The van der Waals surface area contributed by atoms with E-state index in [2.05, 4.69) is 11.5 Å². The first kappa shape index (κ1) is 18.4. The molecule has 25 heavy (non-hydrogen) atoms. The molecule has 6 heteroatoms. The maximum Gasteiger partial charge on any atom is 0.305 e. The Hall–Kier alpha value is -1.43. The van der Waals surface area contributed by atoms with Gasteiger partial charge in [0.05, 0.1) is 18.0 Å². The Labute approximate surface area is 153 Å². The largest absolute Gasteiger partial charge is 0.481 e. The number of aliphatic carboxylic acids is 1. The number of carboxylic acid groups (broad SMARTS) is 1. The van der Waals surface area contributed by atoms with E-state index in [4.69, 9.17) is 5.11 Å². The van der Waals surface area contributed by atoms with Crippen LogP contribution in [0.5, 0.6) is 0 Å². The second-order valence-electron chi connectivity index (χ2n) is 7.27. The van der Waals surface area contributed by atoms with Crippen molar-refractivity contribution in [2.45, 2.75) is 64.5 Å². The van der Waals surface area contributed by atoms with Gasteiger partial charge in [-0.25, -0.2) is 0 Å². The Morgan fingerprint density at radius 1 is 1.24 bits per heavy atom. The Morgan fingerprint density at radius 2 is 1.96 bits per heavy atom. The number of aryl methyl sites for hydroxylation is 1. The van der Waals surface area contributed by atoms with Crippen LogP contribution in [-0.2, 0) is 4.79 Å². The normalized spacial score (nSPS) is 22.2. The van der Waals surface area contributed by atoms with E-state index in [0.29, 0.717) is 18.3 Å². The Balaban J connectivity index is 1.85. The number of carbonyl (C=O) groups is 2. The molecule has 2 aliphatic rings. The molecule has 1 atom stereocenters. The number of nitrogens with zero attached hydrogens (tertiary/aromatic N) is 2. The minimum absolute atomic E-state index is 0.00158. The van der Waals surface area contributed by atoms with E-state index in [0.717, 1.165) is 22.7 Å². The van der Waals surface area contributed by atoms with E-state index in [1.807, 2.05) is 13.0 Å². The smallest absolute Gasteiger partial charge is 0.305 e. The molecular formula is C19H28N2O3S. The zero-order valence-corrected chi connectivity index (χ0v) is 16.0. The zero-order chi connectivity index (χ0) is 18.0. The van der Waals surface area contributed by atoms with Gasteiger partial charge in [0.1, 0.15) is 0 Å². The fourth-order valence-corrected chi connectivity index (χ4v) is 5.40. The number of amides is 1. The summed E-state index contributed by atoms with van der Waals surface area (Å²) in [4.78, 5) is 26.1. The van der Waals surface area contributed by atoms with Crippen LogP contribution in [0, 0.1) is 13.8 Å². The second-order valence-corrected chi connectivity index (χ2v) is 8.42. The van der Waals surface area contributed by atoms with Crippen LogP contribution in [0.25, 0.3) is 0 Å². The van der Waals surface area contributed by atoms with Gasteiger partial charge in [-0.05, 0) is 32.8 Å².